The number of carbonyl (C=O) groups excluding carboxylic acids is 1. The van der Waals surface area contributed by atoms with Crippen LogP contribution in [-0.4, -0.2) is 43.8 Å². The normalized spacial score (nSPS) is 15.3. The minimum atomic E-state index is 0.112. The summed E-state index contributed by atoms with van der Waals surface area (Å²) < 4.78 is 17.3. The molecule has 0 saturated carbocycles. The number of methoxy groups -OCH3 is 1. The molecule has 0 radical (unpaired) electrons. The molecule has 5 nitrogen and oxygen atoms in total. The standard InChI is InChI=1S/C28H33NO4S/c1-31-27-12-3-2-8-23(27)13-14-28(30)29(21-25-10-5-16-32-25)20-22-7-4-9-24(19-22)33-17-15-26-11-6-18-34-26/h2-4,6-9,11-12,18-19,25H,5,10,13-17,20-21H2,1H3/t25-/m1/s1. The smallest absolute Gasteiger partial charge is 0.223 e. The molecule has 3 aromatic rings. The van der Waals surface area contributed by atoms with E-state index in [2.05, 4.69) is 23.6 Å². The third kappa shape index (κ3) is 7.08. The van der Waals surface area contributed by atoms with Crippen molar-refractivity contribution < 1.29 is 19.0 Å². The SMILES string of the molecule is COc1ccccc1CCC(=O)N(Cc1cccc(OCCc2cccs2)c1)C[C@H]1CCCO1. The number of ether oxygens (including phenoxy) is 3. The third-order valence-corrected chi connectivity index (χ3v) is 7.01. The van der Waals surface area contributed by atoms with Crippen LogP contribution in [0.4, 0.5) is 0 Å². The zero-order valence-corrected chi connectivity index (χ0v) is 20.6. The molecule has 2 aromatic carbocycles. The Morgan fingerprint density at radius 2 is 2.03 bits per heavy atom. The molecular formula is C28H33NO4S. The van der Waals surface area contributed by atoms with Crippen LogP contribution in [0.3, 0.4) is 0 Å². The quantitative estimate of drug-likeness (QED) is 0.343. The topological polar surface area (TPSA) is 48.0 Å². The van der Waals surface area contributed by atoms with Crippen molar-refractivity contribution in [2.45, 2.75) is 44.8 Å². The number of benzene rings is 2. The third-order valence-electron chi connectivity index (χ3n) is 6.07. The summed E-state index contributed by atoms with van der Waals surface area (Å²) in [5, 5.41) is 2.09. The van der Waals surface area contributed by atoms with E-state index in [1.807, 2.05) is 47.4 Å². The Morgan fingerprint density at radius 3 is 2.82 bits per heavy atom. The molecule has 2 heterocycles. The molecule has 1 amide bonds. The fourth-order valence-corrected chi connectivity index (χ4v) is 4.97. The van der Waals surface area contributed by atoms with Gasteiger partial charge in [-0.05, 0) is 60.0 Å². The van der Waals surface area contributed by atoms with Crippen LogP contribution in [0.1, 0.15) is 35.3 Å². The van der Waals surface area contributed by atoms with Crippen LogP contribution in [-0.2, 0) is 28.9 Å². The first-order valence-electron chi connectivity index (χ1n) is 12.0. The summed E-state index contributed by atoms with van der Waals surface area (Å²) in [4.78, 5) is 16.6. The van der Waals surface area contributed by atoms with E-state index in [1.165, 1.54) is 4.88 Å². The van der Waals surface area contributed by atoms with Gasteiger partial charge in [0.2, 0.25) is 5.91 Å². The molecule has 180 valence electrons. The zero-order chi connectivity index (χ0) is 23.6. The van der Waals surface area contributed by atoms with E-state index in [-0.39, 0.29) is 12.0 Å². The first-order chi connectivity index (χ1) is 16.7. The van der Waals surface area contributed by atoms with Gasteiger partial charge in [-0.2, -0.15) is 0 Å². The maximum atomic E-state index is 13.3. The van der Waals surface area contributed by atoms with Gasteiger partial charge in [-0.15, -0.1) is 11.3 Å². The molecule has 34 heavy (non-hydrogen) atoms. The predicted octanol–water partition coefficient (Wildman–Crippen LogP) is 5.52. The highest BCUT2D eigenvalue weighted by atomic mass is 32.1. The molecule has 4 rings (SSSR count). The Balaban J connectivity index is 1.38. The van der Waals surface area contributed by atoms with Crippen LogP contribution in [0.15, 0.2) is 66.0 Å². The molecule has 0 spiro atoms. The summed E-state index contributed by atoms with van der Waals surface area (Å²) in [6.45, 7) is 2.59. The summed E-state index contributed by atoms with van der Waals surface area (Å²) in [6, 6.07) is 20.2. The summed E-state index contributed by atoms with van der Waals surface area (Å²) in [6.07, 6.45) is 4.15. The van der Waals surface area contributed by atoms with E-state index in [0.29, 0.717) is 32.5 Å². The Bertz CT molecular complexity index is 1030. The van der Waals surface area contributed by atoms with Crippen molar-refractivity contribution >= 4 is 17.2 Å². The molecule has 0 N–H and O–H groups in total. The minimum absolute atomic E-state index is 0.112. The second-order valence-corrected chi connectivity index (χ2v) is 9.58. The summed E-state index contributed by atoms with van der Waals surface area (Å²) in [7, 11) is 1.67. The van der Waals surface area contributed by atoms with Crippen LogP contribution in [0.5, 0.6) is 11.5 Å². The highest BCUT2D eigenvalue weighted by molar-refractivity contribution is 7.09. The van der Waals surface area contributed by atoms with Gasteiger partial charge in [0.15, 0.2) is 0 Å². The van der Waals surface area contributed by atoms with Gasteiger partial charge in [-0.25, -0.2) is 0 Å². The van der Waals surface area contributed by atoms with Gasteiger partial charge >= 0.3 is 0 Å². The predicted molar refractivity (Wildman–Crippen MR) is 136 cm³/mol. The number of thiophene rings is 1. The molecular weight excluding hydrogens is 446 g/mol. The van der Waals surface area contributed by atoms with Crippen molar-refractivity contribution in [1.82, 2.24) is 4.90 Å². The number of rotatable bonds is 12. The minimum Gasteiger partial charge on any atom is -0.496 e. The van der Waals surface area contributed by atoms with Crippen LogP contribution in [0, 0.1) is 0 Å². The van der Waals surface area contributed by atoms with Gasteiger partial charge < -0.3 is 19.1 Å². The monoisotopic (exact) mass is 479 g/mol. The van der Waals surface area contributed by atoms with Crippen LogP contribution < -0.4 is 9.47 Å². The van der Waals surface area contributed by atoms with E-state index in [4.69, 9.17) is 14.2 Å². The van der Waals surface area contributed by atoms with Crippen molar-refractivity contribution in [2.24, 2.45) is 0 Å². The van der Waals surface area contributed by atoms with Gasteiger partial charge in [0.1, 0.15) is 11.5 Å². The van der Waals surface area contributed by atoms with Crippen molar-refractivity contribution in [3.05, 3.63) is 82.0 Å². The maximum absolute atomic E-state index is 13.3. The molecule has 1 aromatic heterocycles. The van der Waals surface area contributed by atoms with Crippen LogP contribution in [0.25, 0.3) is 0 Å². The summed E-state index contributed by atoms with van der Waals surface area (Å²) >= 11 is 1.75. The molecule has 1 fully saturated rings. The van der Waals surface area contributed by atoms with E-state index >= 15 is 0 Å². The lowest BCUT2D eigenvalue weighted by Gasteiger charge is -2.26. The number of aryl methyl sites for hydroxylation is 1. The van der Waals surface area contributed by atoms with E-state index in [0.717, 1.165) is 48.5 Å². The van der Waals surface area contributed by atoms with Gasteiger partial charge in [0.05, 0.1) is 19.8 Å². The largest absolute Gasteiger partial charge is 0.496 e. The molecule has 0 aliphatic carbocycles. The van der Waals surface area contributed by atoms with E-state index in [9.17, 15) is 4.79 Å². The molecule has 1 atom stereocenters. The average molecular weight is 480 g/mol. The zero-order valence-electron chi connectivity index (χ0n) is 19.8. The van der Waals surface area contributed by atoms with Gasteiger partial charge in [0.25, 0.3) is 0 Å². The lowest BCUT2D eigenvalue weighted by Crippen LogP contribution is -2.37. The van der Waals surface area contributed by atoms with Gasteiger partial charge in [-0.3, -0.25) is 4.79 Å². The van der Waals surface area contributed by atoms with Crippen molar-refractivity contribution in [1.29, 1.82) is 0 Å². The second kappa shape index (κ2) is 12.6. The van der Waals surface area contributed by atoms with Crippen LogP contribution >= 0.6 is 11.3 Å². The van der Waals surface area contributed by atoms with Gasteiger partial charge in [0, 0.05) is 37.4 Å². The number of para-hydroxylation sites is 1. The molecule has 1 saturated heterocycles. The molecule has 0 bridgehead atoms. The highest BCUT2D eigenvalue weighted by Gasteiger charge is 2.23. The fraction of sp³-hybridized carbons (Fsp3) is 0.393. The average Bonchev–Trinajstić information content (AvgIpc) is 3.57. The first kappa shape index (κ1) is 24.3. The van der Waals surface area contributed by atoms with E-state index in [1.54, 1.807) is 18.4 Å². The molecule has 0 unspecified atom stereocenters. The molecule has 1 aliphatic rings. The van der Waals surface area contributed by atoms with Crippen molar-refractivity contribution in [2.75, 3.05) is 26.9 Å². The number of nitrogens with zero attached hydrogens (tertiary/aromatic N) is 1. The molecule has 6 heteroatoms. The van der Waals surface area contributed by atoms with Gasteiger partial charge in [-0.1, -0.05) is 36.4 Å². The second-order valence-electron chi connectivity index (χ2n) is 8.55. The summed E-state index contributed by atoms with van der Waals surface area (Å²) in [5.74, 6) is 1.80. The number of hydrogen-bond acceptors (Lipinski definition) is 5. The summed E-state index contributed by atoms with van der Waals surface area (Å²) in [5.41, 5.74) is 2.12. The maximum Gasteiger partial charge on any atom is 0.223 e. The number of hydrogen-bond donors (Lipinski definition) is 0. The van der Waals surface area contributed by atoms with E-state index < -0.39 is 0 Å². The fourth-order valence-electron chi connectivity index (χ4n) is 4.28. The van der Waals surface area contributed by atoms with Crippen molar-refractivity contribution in [3.8, 4) is 11.5 Å². The highest BCUT2D eigenvalue weighted by Crippen LogP contribution is 2.22. The number of amides is 1. The Morgan fingerprint density at radius 1 is 1.12 bits per heavy atom. The Kier molecular flexibility index (Phi) is 8.99. The Labute approximate surface area is 206 Å². The molecule has 1 aliphatic heterocycles. The van der Waals surface area contributed by atoms with Crippen LogP contribution in [0.2, 0.25) is 0 Å². The number of carbonyl (C=O) groups is 1. The lowest BCUT2D eigenvalue weighted by atomic mass is 10.1. The Hall–Kier alpha value is -2.83. The lowest BCUT2D eigenvalue weighted by molar-refractivity contribution is -0.133. The van der Waals surface area contributed by atoms with Crippen molar-refractivity contribution in [3.63, 3.8) is 0 Å². The first-order valence-corrected chi connectivity index (χ1v) is 12.8.